The number of sulfone groups is 1. The second-order valence-corrected chi connectivity index (χ2v) is 8.73. The molecule has 0 aliphatic heterocycles. The molecule has 0 saturated heterocycles. The van der Waals surface area contributed by atoms with Crippen LogP contribution in [0.15, 0.2) is 77.7 Å². The van der Waals surface area contributed by atoms with Crippen LogP contribution in [-0.4, -0.2) is 24.1 Å². The van der Waals surface area contributed by atoms with Gasteiger partial charge < -0.3 is 5.32 Å². The van der Waals surface area contributed by atoms with Crippen molar-refractivity contribution < 1.29 is 17.2 Å². The van der Waals surface area contributed by atoms with Crippen LogP contribution in [0, 0.1) is 0 Å². The Morgan fingerprint density at radius 2 is 1.60 bits per heavy atom. The predicted molar refractivity (Wildman–Crippen MR) is 113 cm³/mol. The van der Waals surface area contributed by atoms with Crippen LogP contribution in [-0.2, 0) is 9.84 Å². The minimum atomic E-state index is -4.65. The Labute approximate surface area is 176 Å². The lowest BCUT2D eigenvalue weighted by Crippen LogP contribution is -2.11. The third kappa shape index (κ3) is 3.96. The molecule has 0 spiro atoms. The van der Waals surface area contributed by atoms with Gasteiger partial charge in [0, 0.05) is 21.7 Å². The number of anilines is 2. The maximum atomic E-state index is 12.7. The van der Waals surface area contributed by atoms with Gasteiger partial charge in [-0.2, -0.15) is 8.78 Å². The molecule has 0 saturated carbocycles. The summed E-state index contributed by atoms with van der Waals surface area (Å²) in [4.78, 5) is 8.61. The molecule has 1 aromatic heterocycles. The molecule has 0 fully saturated rings. The van der Waals surface area contributed by atoms with E-state index < -0.39 is 20.5 Å². The standard InChI is InChI=1S/C21H14ClF2N3O2S/c22-14-6-11-18-17(12-14)19(13-4-2-1-3-5-13)27-21(26-18)25-15-7-9-16(10-8-15)30(28,29)20(23)24/h1-12,20H,(H,25,26,27). The van der Waals surface area contributed by atoms with E-state index in [4.69, 9.17) is 11.6 Å². The topological polar surface area (TPSA) is 72.0 Å². The summed E-state index contributed by atoms with van der Waals surface area (Å²) in [6.07, 6.45) is 0. The van der Waals surface area contributed by atoms with E-state index in [0.29, 0.717) is 21.9 Å². The molecule has 0 atom stereocenters. The Bertz CT molecular complexity index is 1320. The summed E-state index contributed by atoms with van der Waals surface area (Å²) < 4.78 is 48.5. The molecule has 0 bridgehead atoms. The molecule has 9 heteroatoms. The van der Waals surface area contributed by atoms with Gasteiger partial charge in [0.15, 0.2) is 0 Å². The number of hydrogen-bond donors (Lipinski definition) is 1. The summed E-state index contributed by atoms with van der Waals surface area (Å²) in [6.45, 7) is 0. The van der Waals surface area contributed by atoms with E-state index in [2.05, 4.69) is 15.3 Å². The van der Waals surface area contributed by atoms with Crippen molar-refractivity contribution in [2.45, 2.75) is 10.7 Å². The zero-order valence-electron chi connectivity index (χ0n) is 15.3. The first-order valence-corrected chi connectivity index (χ1v) is 10.7. The zero-order valence-corrected chi connectivity index (χ0v) is 16.8. The summed E-state index contributed by atoms with van der Waals surface area (Å²) in [7, 11) is -4.65. The van der Waals surface area contributed by atoms with Gasteiger partial charge >= 0.3 is 5.76 Å². The van der Waals surface area contributed by atoms with E-state index in [1.54, 1.807) is 18.2 Å². The van der Waals surface area contributed by atoms with Gasteiger partial charge in [-0.15, -0.1) is 0 Å². The lowest BCUT2D eigenvalue weighted by Gasteiger charge is -2.11. The van der Waals surface area contributed by atoms with Gasteiger partial charge in [-0.1, -0.05) is 41.9 Å². The molecule has 0 radical (unpaired) electrons. The van der Waals surface area contributed by atoms with Crippen molar-refractivity contribution in [2.24, 2.45) is 0 Å². The minimum Gasteiger partial charge on any atom is -0.324 e. The first kappa shape index (κ1) is 20.2. The van der Waals surface area contributed by atoms with Crippen molar-refractivity contribution in [3.05, 3.63) is 77.8 Å². The fourth-order valence-electron chi connectivity index (χ4n) is 2.93. The number of halogens is 3. The van der Waals surface area contributed by atoms with Gasteiger partial charge in [0.2, 0.25) is 15.8 Å². The monoisotopic (exact) mass is 445 g/mol. The summed E-state index contributed by atoms with van der Waals surface area (Å²) >= 11 is 6.15. The number of nitrogens with zero attached hydrogens (tertiary/aromatic N) is 2. The molecular formula is C21H14ClF2N3O2S. The SMILES string of the molecule is O=S(=O)(c1ccc(Nc2nc(-c3ccccc3)c3cc(Cl)ccc3n2)cc1)C(F)F. The normalized spacial score (nSPS) is 11.7. The Morgan fingerprint density at radius 3 is 2.27 bits per heavy atom. The van der Waals surface area contributed by atoms with Gasteiger partial charge in [0.1, 0.15) is 0 Å². The molecule has 4 aromatic rings. The van der Waals surface area contributed by atoms with E-state index in [0.717, 1.165) is 23.1 Å². The fourth-order valence-corrected chi connectivity index (χ4v) is 3.83. The minimum absolute atomic E-state index is 0.271. The number of benzene rings is 3. The molecule has 0 aliphatic carbocycles. The third-order valence-electron chi connectivity index (χ3n) is 4.38. The smallest absolute Gasteiger partial charge is 0.324 e. The predicted octanol–water partition coefficient (Wildman–Crippen LogP) is 5.69. The van der Waals surface area contributed by atoms with Gasteiger partial charge in [0.05, 0.1) is 16.1 Å². The van der Waals surface area contributed by atoms with Gasteiger partial charge in [-0.3, -0.25) is 0 Å². The highest BCUT2D eigenvalue weighted by Crippen LogP contribution is 2.30. The lowest BCUT2D eigenvalue weighted by molar-refractivity contribution is 0.234. The molecule has 0 aliphatic rings. The van der Waals surface area contributed by atoms with Crippen molar-refractivity contribution in [2.75, 3.05) is 5.32 Å². The molecule has 3 aromatic carbocycles. The van der Waals surface area contributed by atoms with Gasteiger partial charge in [0.25, 0.3) is 0 Å². The number of fused-ring (bicyclic) bond motifs is 1. The molecule has 1 heterocycles. The number of nitrogens with one attached hydrogen (secondary N) is 1. The molecule has 1 N–H and O–H groups in total. The highest BCUT2D eigenvalue weighted by Gasteiger charge is 2.26. The van der Waals surface area contributed by atoms with Gasteiger partial charge in [-0.25, -0.2) is 18.4 Å². The van der Waals surface area contributed by atoms with Crippen molar-refractivity contribution >= 4 is 44.0 Å². The number of aromatic nitrogens is 2. The summed E-state index contributed by atoms with van der Waals surface area (Å²) in [6, 6.07) is 19.8. The van der Waals surface area contributed by atoms with E-state index in [-0.39, 0.29) is 5.95 Å². The van der Waals surface area contributed by atoms with E-state index in [1.165, 1.54) is 12.1 Å². The second kappa shape index (κ2) is 7.97. The zero-order chi connectivity index (χ0) is 21.3. The second-order valence-electron chi connectivity index (χ2n) is 6.38. The van der Waals surface area contributed by atoms with E-state index in [1.807, 2.05) is 30.3 Å². The average molecular weight is 446 g/mol. The largest absolute Gasteiger partial charge is 0.341 e. The van der Waals surface area contributed by atoms with Crippen LogP contribution in [0.1, 0.15) is 0 Å². The maximum absolute atomic E-state index is 12.7. The van der Waals surface area contributed by atoms with E-state index >= 15 is 0 Å². The first-order chi connectivity index (χ1) is 14.3. The quantitative estimate of drug-likeness (QED) is 0.427. The summed E-state index contributed by atoms with van der Waals surface area (Å²) in [5.74, 6) is -3.20. The number of hydrogen-bond acceptors (Lipinski definition) is 5. The molecule has 4 rings (SSSR count). The van der Waals surface area contributed by atoms with Crippen molar-refractivity contribution in [3.63, 3.8) is 0 Å². The Hall–Kier alpha value is -3.10. The Kier molecular flexibility index (Phi) is 5.36. The molecule has 30 heavy (non-hydrogen) atoms. The van der Waals surface area contributed by atoms with Crippen LogP contribution in [0.25, 0.3) is 22.2 Å². The molecule has 5 nitrogen and oxygen atoms in total. The molecule has 152 valence electrons. The highest BCUT2D eigenvalue weighted by atomic mass is 35.5. The number of rotatable bonds is 5. The van der Waals surface area contributed by atoms with Crippen LogP contribution < -0.4 is 5.32 Å². The Morgan fingerprint density at radius 1 is 0.900 bits per heavy atom. The van der Waals surface area contributed by atoms with Crippen molar-refractivity contribution in [3.8, 4) is 11.3 Å². The molecule has 0 amide bonds. The van der Waals surface area contributed by atoms with E-state index in [9.17, 15) is 17.2 Å². The van der Waals surface area contributed by atoms with Crippen molar-refractivity contribution in [1.82, 2.24) is 9.97 Å². The third-order valence-corrected chi connectivity index (χ3v) is 6.01. The van der Waals surface area contributed by atoms with Crippen LogP contribution >= 0.6 is 11.6 Å². The number of alkyl halides is 2. The first-order valence-electron chi connectivity index (χ1n) is 8.76. The molecule has 0 unspecified atom stereocenters. The summed E-state index contributed by atoms with van der Waals surface area (Å²) in [5.41, 5.74) is 2.65. The molecular weight excluding hydrogens is 432 g/mol. The van der Waals surface area contributed by atoms with Gasteiger partial charge in [-0.05, 0) is 42.5 Å². The highest BCUT2D eigenvalue weighted by molar-refractivity contribution is 7.91. The van der Waals surface area contributed by atoms with Crippen molar-refractivity contribution in [1.29, 1.82) is 0 Å². The summed E-state index contributed by atoms with van der Waals surface area (Å²) in [5, 5.41) is 4.32. The van der Waals surface area contributed by atoms with Crippen LogP contribution in [0.4, 0.5) is 20.4 Å². The Balaban J connectivity index is 1.74. The average Bonchev–Trinajstić information content (AvgIpc) is 2.74. The maximum Gasteiger partial charge on any atom is 0.341 e. The van der Waals surface area contributed by atoms with Crippen LogP contribution in [0.2, 0.25) is 5.02 Å². The lowest BCUT2D eigenvalue weighted by atomic mass is 10.1. The fraction of sp³-hybridized carbons (Fsp3) is 0.0476. The van der Waals surface area contributed by atoms with Crippen LogP contribution in [0.5, 0.6) is 0 Å². The van der Waals surface area contributed by atoms with Crippen LogP contribution in [0.3, 0.4) is 0 Å².